The van der Waals surface area contributed by atoms with Gasteiger partial charge in [-0.1, -0.05) is 64.1 Å². The summed E-state index contributed by atoms with van der Waals surface area (Å²) in [6.07, 6.45) is -0.568. The van der Waals surface area contributed by atoms with E-state index in [1.807, 2.05) is 29.0 Å². The smallest absolute Gasteiger partial charge is 0.119 e. The van der Waals surface area contributed by atoms with Gasteiger partial charge in [-0.3, -0.25) is 4.90 Å². The lowest BCUT2D eigenvalue weighted by atomic mass is 9.87. The number of aliphatic hydroxyl groups excluding tert-OH is 1. The molecular formula is C27H36N2O2S. The summed E-state index contributed by atoms with van der Waals surface area (Å²) in [4.78, 5) is 2.42. The summed E-state index contributed by atoms with van der Waals surface area (Å²) >= 11 is 1.63. The average molecular weight is 453 g/mol. The molecule has 1 heterocycles. The number of anilines is 1. The van der Waals surface area contributed by atoms with Crippen LogP contribution in [0.1, 0.15) is 44.4 Å². The van der Waals surface area contributed by atoms with Gasteiger partial charge in [0.1, 0.15) is 18.5 Å². The summed E-state index contributed by atoms with van der Waals surface area (Å²) < 4.78 is 5.85. The van der Waals surface area contributed by atoms with Crippen molar-refractivity contribution in [2.24, 2.45) is 0 Å². The van der Waals surface area contributed by atoms with Gasteiger partial charge in [0.15, 0.2) is 0 Å². The highest BCUT2D eigenvalue weighted by molar-refractivity contribution is 7.08. The Bertz CT molecular complexity index is 933. The van der Waals surface area contributed by atoms with E-state index < -0.39 is 6.10 Å². The summed E-state index contributed by atoms with van der Waals surface area (Å²) in [5.74, 6) is 0.794. The standard InChI is InChI=1S/C27H36N2O2S/c1-5-29(17-21-9-11-23(12-10-21)27(2,3)4)18-22-7-6-8-26(15-22)31-19-25(30)16-28-24-13-14-32-20-24/h6-15,20,25,28,30H,5,16-19H2,1-4H3. The predicted molar refractivity (Wildman–Crippen MR) is 136 cm³/mol. The van der Waals surface area contributed by atoms with Crippen molar-refractivity contribution in [1.82, 2.24) is 4.90 Å². The Hall–Kier alpha value is -2.34. The Morgan fingerprint density at radius 1 is 1.03 bits per heavy atom. The second-order valence-corrected chi connectivity index (χ2v) is 10.0. The molecule has 0 fully saturated rings. The first-order valence-electron chi connectivity index (χ1n) is 11.3. The van der Waals surface area contributed by atoms with Gasteiger partial charge in [-0.15, -0.1) is 0 Å². The van der Waals surface area contributed by atoms with Crippen molar-refractivity contribution >= 4 is 17.0 Å². The summed E-state index contributed by atoms with van der Waals surface area (Å²) in [5, 5.41) is 17.5. The van der Waals surface area contributed by atoms with E-state index in [4.69, 9.17) is 4.74 Å². The lowest BCUT2D eigenvalue weighted by Gasteiger charge is -2.23. The van der Waals surface area contributed by atoms with Crippen molar-refractivity contribution in [2.45, 2.75) is 52.3 Å². The number of aliphatic hydroxyl groups is 1. The molecule has 0 aliphatic heterocycles. The van der Waals surface area contributed by atoms with Crippen molar-refractivity contribution in [1.29, 1.82) is 0 Å². The second kappa shape index (κ2) is 11.5. The molecule has 0 saturated carbocycles. The summed E-state index contributed by atoms with van der Waals surface area (Å²) in [6.45, 7) is 12.4. The molecule has 0 saturated heterocycles. The Kier molecular flexibility index (Phi) is 8.74. The first kappa shape index (κ1) is 24.3. The van der Waals surface area contributed by atoms with Gasteiger partial charge in [-0.25, -0.2) is 0 Å². The van der Waals surface area contributed by atoms with Crippen LogP contribution in [0, 0.1) is 0 Å². The quantitative estimate of drug-likeness (QED) is 0.379. The average Bonchev–Trinajstić information content (AvgIpc) is 3.29. The number of hydrogen-bond acceptors (Lipinski definition) is 5. The van der Waals surface area contributed by atoms with E-state index in [9.17, 15) is 5.11 Å². The van der Waals surface area contributed by atoms with Gasteiger partial charge in [0.25, 0.3) is 0 Å². The molecule has 0 amide bonds. The van der Waals surface area contributed by atoms with E-state index in [0.29, 0.717) is 6.54 Å². The Morgan fingerprint density at radius 2 is 1.78 bits per heavy atom. The molecule has 1 unspecified atom stereocenters. The third kappa shape index (κ3) is 7.66. The minimum absolute atomic E-state index is 0.178. The first-order chi connectivity index (χ1) is 15.3. The number of hydrogen-bond donors (Lipinski definition) is 2. The maximum absolute atomic E-state index is 10.2. The molecule has 4 nitrogen and oxygen atoms in total. The normalized spacial score (nSPS) is 12.7. The van der Waals surface area contributed by atoms with Crippen LogP contribution < -0.4 is 10.1 Å². The van der Waals surface area contributed by atoms with Gasteiger partial charge >= 0.3 is 0 Å². The second-order valence-electron chi connectivity index (χ2n) is 9.26. The van der Waals surface area contributed by atoms with Crippen LogP contribution in [0.3, 0.4) is 0 Å². The third-order valence-electron chi connectivity index (χ3n) is 5.48. The topological polar surface area (TPSA) is 44.7 Å². The SMILES string of the molecule is CCN(Cc1ccc(C(C)(C)C)cc1)Cc1cccc(OCC(O)CNc2ccsc2)c1. The van der Waals surface area contributed by atoms with Gasteiger partial charge in [0.05, 0.1) is 0 Å². The van der Waals surface area contributed by atoms with Gasteiger partial charge in [0.2, 0.25) is 0 Å². The predicted octanol–water partition coefficient (Wildman–Crippen LogP) is 5.92. The number of ether oxygens (including phenoxy) is 1. The molecule has 5 heteroatoms. The molecule has 2 N–H and O–H groups in total. The molecule has 0 spiro atoms. The zero-order chi connectivity index (χ0) is 23.0. The number of rotatable bonds is 11. The molecule has 3 aromatic rings. The van der Waals surface area contributed by atoms with Gasteiger partial charge in [-0.2, -0.15) is 11.3 Å². The van der Waals surface area contributed by atoms with Gasteiger partial charge < -0.3 is 15.2 Å². The van der Waals surface area contributed by atoms with Gasteiger partial charge in [-0.05, 0) is 52.2 Å². The van der Waals surface area contributed by atoms with E-state index in [-0.39, 0.29) is 12.0 Å². The number of benzene rings is 2. The highest BCUT2D eigenvalue weighted by Gasteiger charge is 2.13. The minimum Gasteiger partial charge on any atom is -0.491 e. The van der Waals surface area contributed by atoms with Crippen LogP contribution in [0.5, 0.6) is 5.75 Å². The molecule has 3 rings (SSSR count). The van der Waals surface area contributed by atoms with Crippen molar-refractivity contribution in [3.8, 4) is 5.75 Å². The van der Waals surface area contributed by atoms with Gasteiger partial charge in [0, 0.05) is 30.7 Å². The van der Waals surface area contributed by atoms with E-state index in [1.54, 1.807) is 11.3 Å². The Morgan fingerprint density at radius 3 is 2.44 bits per heavy atom. The van der Waals surface area contributed by atoms with Crippen LogP contribution in [-0.4, -0.2) is 35.8 Å². The van der Waals surface area contributed by atoms with Crippen LogP contribution in [0.2, 0.25) is 0 Å². The maximum atomic E-state index is 10.2. The van der Waals surface area contributed by atoms with Crippen LogP contribution >= 0.6 is 11.3 Å². The minimum atomic E-state index is -0.568. The highest BCUT2D eigenvalue weighted by atomic mass is 32.1. The zero-order valence-corrected chi connectivity index (χ0v) is 20.5. The van der Waals surface area contributed by atoms with E-state index in [0.717, 1.165) is 31.1 Å². The first-order valence-corrected chi connectivity index (χ1v) is 12.3. The molecule has 1 aromatic heterocycles. The fraction of sp³-hybridized carbons (Fsp3) is 0.407. The van der Waals surface area contributed by atoms with Crippen LogP contribution in [-0.2, 0) is 18.5 Å². The molecular weight excluding hydrogens is 416 g/mol. The van der Waals surface area contributed by atoms with E-state index in [1.165, 1.54) is 16.7 Å². The van der Waals surface area contributed by atoms with Crippen molar-refractivity contribution in [3.63, 3.8) is 0 Å². The molecule has 32 heavy (non-hydrogen) atoms. The fourth-order valence-electron chi connectivity index (χ4n) is 3.49. The van der Waals surface area contributed by atoms with Crippen molar-refractivity contribution in [2.75, 3.05) is 25.0 Å². The molecule has 1 atom stereocenters. The van der Waals surface area contributed by atoms with Crippen LogP contribution in [0.25, 0.3) is 0 Å². The Labute approximate surface area is 196 Å². The van der Waals surface area contributed by atoms with Crippen molar-refractivity contribution in [3.05, 3.63) is 82.0 Å². The largest absolute Gasteiger partial charge is 0.491 e. The fourth-order valence-corrected chi connectivity index (χ4v) is 4.10. The number of thiophene rings is 1. The lowest BCUT2D eigenvalue weighted by Crippen LogP contribution is -2.26. The molecule has 0 aliphatic carbocycles. The third-order valence-corrected chi connectivity index (χ3v) is 6.17. The summed E-state index contributed by atoms with van der Waals surface area (Å²) in [7, 11) is 0. The number of nitrogens with one attached hydrogen (secondary N) is 1. The van der Waals surface area contributed by atoms with E-state index in [2.05, 4.69) is 74.3 Å². The zero-order valence-electron chi connectivity index (χ0n) is 19.7. The lowest BCUT2D eigenvalue weighted by molar-refractivity contribution is 0.117. The molecule has 0 bridgehead atoms. The van der Waals surface area contributed by atoms with Crippen LogP contribution in [0.15, 0.2) is 65.4 Å². The number of nitrogens with zero attached hydrogens (tertiary/aromatic N) is 1. The van der Waals surface area contributed by atoms with Crippen molar-refractivity contribution < 1.29 is 9.84 Å². The molecule has 0 radical (unpaired) electrons. The molecule has 0 aliphatic rings. The maximum Gasteiger partial charge on any atom is 0.119 e. The Balaban J connectivity index is 1.50. The molecule has 172 valence electrons. The summed E-state index contributed by atoms with van der Waals surface area (Å²) in [5.41, 5.74) is 5.11. The monoisotopic (exact) mass is 452 g/mol. The molecule has 2 aromatic carbocycles. The van der Waals surface area contributed by atoms with E-state index >= 15 is 0 Å². The summed E-state index contributed by atoms with van der Waals surface area (Å²) in [6, 6.07) is 19.2. The highest BCUT2D eigenvalue weighted by Crippen LogP contribution is 2.23. The van der Waals surface area contributed by atoms with Crippen LogP contribution in [0.4, 0.5) is 5.69 Å².